The molecule has 0 saturated heterocycles. The molecule has 0 spiro atoms. The second kappa shape index (κ2) is 4.85. The van der Waals surface area contributed by atoms with Crippen molar-refractivity contribution < 1.29 is 14.6 Å². The maximum Gasteiger partial charge on any atom is 0.128 e. The van der Waals surface area contributed by atoms with Crippen molar-refractivity contribution in [2.45, 2.75) is 32.0 Å². The van der Waals surface area contributed by atoms with Crippen LogP contribution < -0.4 is 4.74 Å². The largest absolute Gasteiger partial charge is 0.493 e. The summed E-state index contributed by atoms with van der Waals surface area (Å²) in [5.41, 5.74) is 2.08. The van der Waals surface area contributed by atoms with E-state index in [2.05, 4.69) is 6.07 Å². The van der Waals surface area contributed by atoms with E-state index in [9.17, 15) is 5.11 Å². The first-order chi connectivity index (χ1) is 7.72. The van der Waals surface area contributed by atoms with Crippen LogP contribution in [-0.4, -0.2) is 24.9 Å². The Morgan fingerprint density at radius 2 is 2.31 bits per heavy atom. The first-order valence-corrected chi connectivity index (χ1v) is 5.68. The third-order valence-electron chi connectivity index (χ3n) is 3.06. The van der Waals surface area contributed by atoms with Gasteiger partial charge in [0.1, 0.15) is 5.75 Å². The normalized spacial score (nSPS) is 17.7. The lowest BCUT2D eigenvalue weighted by Gasteiger charge is -2.17. The predicted octanol–water partition coefficient (Wildman–Crippen LogP) is 2.08. The molecule has 1 aromatic rings. The van der Waals surface area contributed by atoms with E-state index in [0.717, 1.165) is 24.3 Å². The molecular formula is C13H18O3. The molecule has 1 aliphatic rings. The highest BCUT2D eigenvalue weighted by atomic mass is 16.5. The summed E-state index contributed by atoms with van der Waals surface area (Å²) >= 11 is 0. The minimum absolute atomic E-state index is 0.0484. The molecule has 1 N–H and O–H groups in total. The second-order valence-corrected chi connectivity index (χ2v) is 4.23. The molecule has 3 nitrogen and oxygen atoms in total. The number of hydrogen-bond donors (Lipinski definition) is 1. The van der Waals surface area contributed by atoms with Gasteiger partial charge < -0.3 is 14.6 Å². The van der Waals surface area contributed by atoms with Gasteiger partial charge in [0, 0.05) is 25.5 Å². The van der Waals surface area contributed by atoms with Gasteiger partial charge in [0.2, 0.25) is 0 Å². The molecule has 0 amide bonds. The number of methoxy groups -OCH3 is 1. The summed E-state index contributed by atoms with van der Waals surface area (Å²) in [5, 5.41) is 10.1. The quantitative estimate of drug-likeness (QED) is 0.847. The third kappa shape index (κ3) is 2.20. The van der Waals surface area contributed by atoms with E-state index in [1.165, 1.54) is 5.56 Å². The molecular weight excluding hydrogens is 204 g/mol. The number of aliphatic hydroxyl groups is 1. The van der Waals surface area contributed by atoms with Gasteiger partial charge in [0.05, 0.1) is 18.8 Å². The number of rotatable bonds is 4. The monoisotopic (exact) mass is 222 g/mol. The molecule has 1 aliphatic heterocycles. The van der Waals surface area contributed by atoms with Gasteiger partial charge in [-0.25, -0.2) is 0 Å². The van der Waals surface area contributed by atoms with E-state index in [1.807, 2.05) is 19.1 Å². The average molecular weight is 222 g/mol. The van der Waals surface area contributed by atoms with Crippen LogP contribution in [0.1, 0.15) is 30.6 Å². The van der Waals surface area contributed by atoms with Gasteiger partial charge in [-0.05, 0) is 12.5 Å². The fourth-order valence-corrected chi connectivity index (χ4v) is 2.04. The minimum atomic E-state index is -0.511. The van der Waals surface area contributed by atoms with E-state index in [1.54, 1.807) is 7.11 Å². The van der Waals surface area contributed by atoms with Gasteiger partial charge in [-0.15, -0.1) is 0 Å². The third-order valence-corrected chi connectivity index (χ3v) is 3.06. The lowest BCUT2D eigenvalue weighted by Crippen LogP contribution is -2.11. The average Bonchev–Trinajstić information content (AvgIpc) is 2.76. The van der Waals surface area contributed by atoms with Gasteiger partial charge in [0.25, 0.3) is 0 Å². The van der Waals surface area contributed by atoms with Gasteiger partial charge in [0.15, 0.2) is 0 Å². The summed E-state index contributed by atoms with van der Waals surface area (Å²) in [6.45, 7) is 2.67. The van der Waals surface area contributed by atoms with E-state index in [-0.39, 0.29) is 6.10 Å². The van der Waals surface area contributed by atoms with E-state index >= 15 is 0 Å². The van der Waals surface area contributed by atoms with Gasteiger partial charge >= 0.3 is 0 Å². The summed E-state index contributed by atoms with van der Waals surface area (Å²) < 4.78 is 10.7. The van der Waals surface area contributed by atoms with Crippen molar-refractivity contribution in [2.24, 2.45) is 0 Å². The molecule has 0 bridgehead atoms. The number of fused-ring (bicyclic) bond motifs is 1. The van der Waals surface area contributed by atoms with Gasteiger partial charge in [-0.2, -0.15) is 0 Å². The fourth-order valence-electron chi connectivity index (χ4n) is 2.04. The minimum Gasteiger partial charge on any atom is -0.493 e. The Hall–Kier alpha value is -1.06. The van der Waals surface area contributed by atoms with Crippen LogP contribution in [0.25, 0.3) is 0 Å². The van der Waals surface area contributed by atoms with Crippen LogP contribution >= 0.6 is 0 Å². The van der Waals surface area contributed by atoms with E-state index < -0.39 is 6.10 Å². The van der Waals surface area contributed by atoms with Crippen molar-refractivity contribution in [3.8, 4) is 5.75 Å². The zero-order chi connectivity index (χ0) is 11.5. The Morgan fingerprint density at radius 3 is 3.06 bits per heavy atom. The Labute approximate surface area is 96.0 Å². The molecule has 1 aromatic carbocycles. The standard InChI is InChI=1S/C13H18O3/c1-9(15-2)8-12(14)11-5-3-4-10-6-7-16-13(10)11/h3-5,9,12,14H,6-8H2,1-2H3. The number of aliphatic hydroxyl groups excluding tert-OH is 1. The first kappa shape index (κ1) is 11.4. The predicted molar refractivity (Wildman–Crippen MR) is 61.7 cm³/mol. The summed E-state index contributed by atoms with van der Waals surface area (Å²) in [5.74, 6) is 0.873. The Balaban J connectivity index is 2.17. The highest BCUT2D eigenvalue weighted by Crippen LogP contribution is 2.35. The topological polar surface area (TPSA) is 38.7 Å². The number of hydrogen-bond acceptors (Lipinski definition) is 3. The van der Waals surface area contributed by atoms with Crippen LogP contribution in [0.15, 0.2) is 18.2 Å². The van der Waals surface area contributed by atoms with Crippen LogP contribution in [0.3, 0.4) is 0 Å². The van der Waals surface area contributed by atoms with Crippen LogP contribution in [-0.2, 0) is 11.2 Å². The van der Waals surface area contributed by atoms with Crippen LogP contribution in [0.2, 0.25) is 0 Å². The molecule has 0 radical (unpaired) electrons. The van der Waals surface area contributed by atoms with Crippen molar-refractivity contribution in [2.75, 3.05) is 13.7 Å². The van der Waals surface area contributed by atoms with Crippen molar-refractivity contribution in [3.05, 3.63) is 29.3 Å². The number of ether oxygens (including phenoxy) is 2. The van der Waals surface area contributed by atoms with Crippen LogP contribution in [0.4, 0.5) is 0 Å². The molecule has 2 rings (SSSR count). The Bertz CT molecular complexity index is 362. The zero-order valence-electron chi connectivity index (χ0n) is 9.77. The number of para-hydroxylation sites is 1. The highest BCUT2D eigenvalue weighted by molar-refractivity contribution is 5.45. The molecule has 0 fully saturated rings. The molecule has 0 aromatic heterocycles. The SMILES string of the molecule is COC(C)CC(O)c1cccc2c1OCC2. The molecule has 1 heterocycles. The maximum atomic E-state index is 10.1. The lowest BCUT2D eigenvalue weighted by atomic mass is 10.00. The molecule has 2 unspecified atom stereocenters. The lowest BCUT2D eigenvalue weighted by molar-refractivity contribution is 0.0550. The van der Waals surface area contributed by atoms with Crippen LogP contribution in [0.5, 0.6) is 5.75 Å². The maximum absolute atomic E-state index is 10.1. The van der Waals surface area contributed by atoms with E-state index in [4.69, 9.17) is 9.47 Å². The van der Waals surface area contributed by atoms with Gasteiger partial charge in [-0.3, -0.25) is 0 Å². The fraction of sp³-hybridized carbons (Fsp3) is 0.538. The summed E-state index contributed by atoms with van der Waals surface area (Å²) in [6.07, 6.45) is 1.07. The molecule has 16 heavy (non-hydrogen) atoms. The van der Waals surface area contributed by atoms with Crippen molar-refractivity contribution >= 4 is 0 Å². The number of benzene rings is 1. The Kier molecular flexibility index (Phi) is 3.46. The molecule has 3 heteroatoms. The zero-order valence-corrected chi connectivity index (χ0v) is 9.77. The van der Waals surface area contributed by atoms with Crippen molar-refractivity contribution in [1.29, 1.82) is 0 Å². The Morgan fingerprint density at radius 1 is 1.50 bits per heavy atom. The molecule has 0 aliphatic carbocycles. The van der Waals surface area contributed by atoms with Gasteiger partial charge in [-0.1, -0.05) is 18.2 Å². The second-order valence-electron chi connectivity index (χ2n) is 4.23. The van der Waals surface area contributed by atoms with Crippen molar-refractivity contribution in [1.82, 2.24) is 0 Å². The summed E-state index contributed by atoms with van der Waals surface area (Å²) in [6, 6.07) is 5.96. The van der Waals surface area contributed by atoms with E-state index in [0.29, 0.717) is 6.42 Å². The smallest absolute Gasteiger partial charge is 0.128 e. The first-order valence-electron chi connectivity index (χ1n) is 5.68. The highest BCUT2D eigenvalue weighted by Gasteiger charge is 2.21. The summed E-state index contributed by atoms with van der Waals surface area (Å²) in [4.78, 5) is 0. The van der Waals surface area contributed by atoms with Crippen LogP contribution in [0, 0.1) is 0 Å². The summed E-state index contributed by atoms with van der Waals surface area (Å²) in [7, 11) is 1.66. The molecule has 2 atom stereocenters. The molecule has 0 saturated carbocycles. The van der Waals surface area contributed by atoms with Crippen molar-refractivity contribution in [3.63, 3.8) is 0 Å². The molecule has 88 valence electrons.